The van der Waals surface area contributed by atoms with Crippen LogP contribution in [0.2, 0.25) is 15.1 Å². The predicted molar refractivity (Wildman–Crippen MR) is 173 cm³/mol. The van der Waals surface area contributed by atoms with E-state index in [0.717, 1.165) is 48.9 Å². The van der Waals surface area contributed by atoms with Gasteiger partial charge in [0.15, 0.2) is 6.10 Å². The number of ether oxygens (including phenoxy) is 2. The van der Waals surface area contributed by atoms with Gasteiger partial charge in [-0.15, -0.1) is 17.9 Å². The molecular weight excluding hydrogens is 658 g/mol. The first kappa shape index (κ1) is 33.2. The summed E-state index contributed by atoms with van der Waals surface area (Å²) in [6.45, 7) is 2.39. The number of benzene rings is 2. The lowest BCUT2D eigenvalue weighted by atomic mass is 9.93. The van der Waals surface area contributed by atoms with Crippen molar-refractivity contribution in [2.75, 3.05) is 11.5 Å². The summed E-state index contributed by atoms with van der Waals surface area (Å²) in [6, 6.07) is 5.38. The molecular formula is C33H28Cl3FN4O5. The molecule has 1 aliphatic carbocycles. The normalized spacial score (nSPS) is 16.1. The van der Waals surface area contributed by atoms with Gasteiger partial charge in [0.1, 0.15) is 29.7 Å². The van der Waals surface area contributed by atoms with Gasteiger partial charge in [0, 0.05) is 36.2 Å². The van der Waals surface area contributed by atoms with Crippen LogP contribution in [0, 0.1) is 30.5 Å². The number of carbonyl (C=O) groups is 2. The first-order chi connectivity index (χ1) is 22.0. The van der Waals surface area contributed by atoms with Gasteiger partial charge >= 0.3 is 5.69 Å². The van der Waals surface area contributed by atoms with Gasteiger partial charge in [-0.05, 0) is 57.6 Å². The smallest absolute Gasteiger partial charge is 0.350 e. The molecule has 0 radical (unpaired) electrons. The molecule has 3 heterocycles. The number of carbonyl (C=O) groups excluding carboxylic acids is 2. The summed E-state index contributed by atoms with van der Waals surface area (Å²) in [5, 5.41) is 5.06. The van der Waals surface area contributed by atoms with Crippen molar-refractivity contribution >= 4 is 52.3 Å². The number of nitrogens with zero attached hydrogens (tertiary/aromatic N) is 4. The number of hydrogen-bond acceptors (Lipinski definition) is 6. The number of imide groups is 1. The largest absolute Gasteiger partial charge is 0.479 e. The fraction of sp³-hybridized carbons (Fsp3) is 0.333. The number of terminal acetylenes is 2. The molecule has 0 saturated carbocycles. The maximum atomic E-state index is 14.4. The van der Waals surface area contributed by atoms with Gasteiger partial charge in [-0.2, -0.15) is 4.68 Å². The highest BCUT2D eigenvalue weighted by atomic mass is 35.5. The van der Waals surface area contributed by atoms with Crippen LogP contribution < -0.4 is 20.1 Å². The van der Waals surface area contributed by atoms with Gasteiger partial charge in [0.25, 0.3) is 11.8 Å². The number of fused-ring (bicyclic) bond motifs is 1. The van der Waals surface area contributed by atoms with Crippen molar-refractivity contribution in [3.63, 3.8) is 0 Å². The monoisotopic (exact) mass is 684 g/mol. The molecule has 1 unspecified atom stereocenters. The van der Waals surface area contributed by atoms with E-state index in [4.69, 9.17) is 57.1 Å². The zero-order chi connectivity index (χ0) is 33.1. The summed E-state index contributed by atoms with van der Waals surface area (Å²) in [6.07, 6.45) is 15.4. The van der Waals surface area contributed by atoms with Crippen molar-refractivity contribution in [2.24, 2.45) is 0 Å². The van der Waals surface area contributed by atoms with Gasteiger partial charge in [-0.25, -0.2) is 14.1 Å². The second-order valence-electron chi connectivity index (χ2n) is 10.7. The van der Waals surface area contributed by atoms with Gasteiger partial charge in [-0.1, -0.05) is 46.6 Å². The Morgan fingerprint density at radius 3 is 2.15 bits per heavy atom. The molecule has 2 aliphatic heterocycles. The Bertz CT molecular complexity index is 1870. The molecule has 1 atom stereocenters. The number of anilines is 1. The third-order valence-corrected chi connectivity index (χ3v) is 8.58. The van der Waals surface area contributed by atoms with Crippen LogP contribution in [0.3, 0.4) is 0 Å². The van der Waals surface area contributed by atoms with E-state index in [1.165, 1.54) is 16.8 Å². The number of aromatic nitrogens is 3. The van der Waals surface area contributed by atoms with E-state index < -0.39 is 23.7 Å². The summed E-state index contributed by atoms with van der Waals surface area (Å²) in [7, 11) is 0. The van der Waals surface area contributed by atoms with Gasteiger partial charge in [0.2, 0.25) is 0 Å². The van der Waals surface area contributed by atoms with Crippen LogP contribution in [-0.4, -0.2) is 38.9 Å². The van der Waals surface area contributed by atoms with Crippen LogP contribution in [-0.2, 0) is 22.6 Å². The van der Waals surface area contributed by atoms with Crippen molar-refractivity contribution in [3.05, 3.63) is 72.6 Å². The summed E-state index contributed by atoms with van der Waals surface area (Å²) >= 11 is 18.3. The van der Waals surface area contributed by atoms with E-state index in [9.17, 15) is 18.8 Å². The van der Waals surface area contributed by atoms with Crippen LogP contribution >= 0.6 is 34.8 Å². The van der Waals surface area contributed by atoms with E-state index in [-0.39, 0.29) is 28.8 Å². The Balaban J connectivity index is 0.000000182. The number of amides is 2. The second-order valence-corrected chi connectivity index (χ2v) is 11.9. The van der Waals surface area contributed by atoms with E-state index in [1.54, 1.807) is 17.6 Å². The average molecular weight is 686 g/mol. The third-order valence-electron chi connectivity index (χ3n) is 7.68. The molecule has 3 aliphatic rings. The molecule has 3 aromatic rings. The van der Waals surface area contributed by atoms with Gasteiger partial charge in [-0.3, -0.25) is 14.2 Å². The van der Waals surface area contributed by atoms with Crippen LogP contribution in [0.4, 0.5) is 10.1 Å². The fourth-order valence-corrected chi connectivity index (χ4v) is 6.14. The highest BCUT2D eigenvalue weighted by Gasteiger charge is 2.41. The van der Waals surface area contributed by atoms with Gasteiger partial charge < -0.3 is 9.47 Å². The average Bonchev–Trinajstić information content (AvgIpc) is 3.51. The second kappa shape index (κ2) is 14.0. The Labute approximate surface area is 279 Å². The fourth-order valence-electron chi connectivity index (χ4n) is 5.43. The molecule has 238 valence electrons. The van der Waals surface area contributed by atoms with Crippen molar-refractivity contribution in [2.45, 2.75) is 64.5 Å². The molecule has 9 nitrogen and oxygen atoms in total. The molecule has 13 heteroatoms. The Hall–Kier alpha value is -4.22. The summed E-state index contributed by atoms with van der Waals surface area (Å²) < 4.78 is 28.2. The molecule has 0 spiro atoms. The first-order valence-corrected chi connectivity index (χ1v) is 15.7. The summed E-state index contributed by atoms with van der Waals surface area (Å²) in [4.78, 5) is 38.4. The van der Waals surface area contributed by atoms with Crippen molar-refractivity contribution < 1.29 is 23.5 Å². The van der Waals surface area contributed by atoms with Crippen molar-refractivity contribution in [1.82, 2.24) is 14.3 Å². The van der Waals surface area contributed by atoms with E-state index in [1.807, 2.05) is 0 Å². The zero-order valence-electron chi connectivity index (χ0n) is 24.7. The van der Waals surface area contributed by atoms with E-state index in [0.29, 0.717) is 52.0 Å². The Morgan fingerprint density at radius 2 is 1.52 bits per heavy atom. The van der Waals surface area contributed by atoms with Crippen LogP contribution in [0.1, 0.15) is 51.3 Å². The Morgan fingerprint density at radius 1 is 0.891 bits per heavy atom. The third kappa shape index (κ3) is 6.52. The number of aryl methyl sites for hydroxylation is 1. The molecule has 2 aromatic carbocycles. The maximum absolute atomic E-state index is 14.4. The maximum Gasteiger partial charge on any atom is 0.350 e. The number of halogens is 4. The lowest BCUT2D eigenvalue weighted by Crippen LogP contribution is -2.32. The standard InChI is InChI=1S/C18H15ClFNO3.C15H13Cl2N3O2/c1-3-10(2)24-16-9-15(14(20)8-13(16)19)21-17(22)11-6-4-5-7-12(11)18(21)23;1-2-7-22-13-9-12(10(16)8-11(13)17)20-15(21)19-6-4-3-5-14(19)18-20/h1,8-10H,4-7H2,2H3;1,8-9H,3-7H2. The molecule has 0 N–H and O–H groups in total. The van der Waals surface area contributed by atoms with E-state index >= 15 is 0 Å². The highest BCUT2D eigenvalue weighted by Crippen LogP contribution is 2.40. The lowest BCUT2D eigenvalue weighted by molar-refractivity contribution is -0.120. The molecule has 1 aromatic heterocycles. The molecule has 6 rings (SSSR count). The molecule has 0 fully saturated rings. The van der Waals surface area contributed by atoms with Crippen LogP contribution in [0.5, 0.6) is 11.5 Å². The Kier molecular flexibility index (Phi) is 10.1. The summed E-state index contributed by atoms with van der Waals surface area (Å²) in [5.74, 6) is 4.32. The zero-order valence-corrected chi connectivity index (χ0v) is 27.0. The van der Waals surface area contributed by atoms with Crippen molar-refractivity contribution in [1.29, 1.82) is 0 Å². The quantitative estimate of drug-likeness (QED) is 0.223. The predicted octanol–water partition coefficient (Wildman–Crippen LogP) is 6.31. The van der Waals surface area contributed by atoms with Crippen LogP contribution in [0.15, 0.2) is 40.2 Å². The number of hydrogen-bond donors (Lipinski definition) is 0. The van der Waals surface area contributed by atoms with Crippen molar-refractivity contribution in [3.8, 4) is 41.9 Å². The highest BCUT2D eigenvalue weighted by molar-refractivity contribution is 6.36. The molecule has 0 bridgehead atoms. The minimum Gasteiger partial charge on any atom is -0.479 e. The summed E-state index contributed by atoms with van der Waals surface area (Å²) in [5.41, 5.74) is 1.04. The molecule has 2 amide bonds. The SMILES string of the molecule is C#CC(C)Oc1cc(N2C(=O)C3=C(CCCC3)C2=O)c(F)cc1Cl.C#CCOc1cc(-n2nc3n(c2=O)CCCC3)c(Cl)cc1Cl. The lowest BCUT2D eigenvalue weighted by Gasteiger charge is -2.19. The topological polar surface area (TPSA) is 95.7 Å². The minimum atomic E-state index is -0.762. The molecule has 0 saturated heterocycles. The van der Waals surface area contributed by atoms with E-state index in [2.05, 4.69) is 16.9 Å². The minimum absolute atomic E-state index is 0.0233. The molecule has 46 heavy (non-hydrogen) atoms. The van der Waals surface area contributed by atoms with Gasteiger partial charge in [0.05, 0.1) is 26.4 Å². The first-order valence-electron chi connectivity index (χ1n) is 14.5. The van der Waals surface area contributed by atoms with Crippen LogP contribution in [0.25, 0.3) is 5.69 Å². The number of rotatable bonds is 6.